The van der Waals surface area contributed by atoms with E-state index in [1.165, 1.54) is 0 Å². The molecule has 18 heavy (non-hydrogen) atoms. The summed E-state index contributed by atoms with van der Waals surface area (Å²) in [4.78, 5) is 4.17. The first-order valence-corrected chi connectivity index (χ1v) is 6.61. The molecule has 0 radical (unpaired) electrons. The van der Waals surface area contributed by atoms with Gasteiger partial charge in [0.25, 0.3) is 0 Å². The highest BCUT2D eigenvalue weighted by atomic mass is 16.5. The lowest BCUT2D eigenvalue weighted by molar-refractivity contribution is 0.248. The first kappa shape index (κ1) is 14.9. The number of hydrogen-bond donors (Lipinski definition) is 2. The van der Waals surface area contributed by atoms with E-state index in [-0.39, 0.29) is 6.61 Å². The Balaban J connectivity index is 2.39. The van der Waals surface area contributed by atoms with Crippen molar-refractivity contribution in [1.29, 1.82) is 0 Å². The van der Waals surface area contributed by atoms with Gasteiger partial charge in [-0.3, -0.25) is 0 Å². The standard InChI is InChI=1S/C14H24N2O2/c1-3-5-12(7-9-17)10-15-11-13-6-4-8-16-14(13)18-2/h4,6,8,12,15,17H,3,5,7,9-11H2,1-2H3. The molecule has 4 heteroatoms. The molecule has 0 fully saturated rings. The maximum atomic E-state index is 9.00. The molecule has 0 saturated heterocycles. The zero-order chi connectivity index (χ0) is 13.2. The van der Waals surface area contributed by atoms with E-state index >= 15 is 0 Å². The van der Waals surface area contributed by atoms with Crippen LogP contribution in [0, 0.1) is 5.92 Å². The smallest absolute Gasteiger partial charge is 0.217 e. The maximum absolute atomic E-state index is 9.00. The Morgan fingerprint density at radius 3 is 2.94 bits per heavy atom. The van der Waals surface area contributed by atoms with Crippen LogP contribution in [0.4, 0.5) is 0 Å². The van der Waals surface area contributed by atoms with E-state index < -0.39 is 0 Å². The predicted octanol–water partition coefficient (Wildman–Crippen LogP) is 1.98. The molecule has 2 N–H and O–H groups in total. The van der Waals surface area contributed by atoms with Crippen molar-refractivity contribution in [3.63, 3.8) is 0 Å². The van der Waals surface area contributed by atoms with Crippen molar-refractivity contribution in [3.05, 3.63) is 23.9 Å². The molecule has 102 valence electrons. The van der Waals surface area contributed by atoms with Crippen molar-refractivity contribution in [3.8, 4) is 5.88 Å². The number of nitrogens with zero attached hydrogens (tertiary/aromatic N) is 1. The maximum Gasteiger partial charge on any atom is 0.217 e. The zero-order valence-electron chi connectivity index (χ0n) is 11.4. The van der Waals surface area contributed by atoms with Gasteiger partial charge in [-0.1, -0.05) is 19.4 Å². The summed E-state index contributed by atoms with van der Waals surface area (Å²) in [5.74, 6) is 1.22. The summed E-state index contributed by atoms with van der Waals surface area (Å²) in [7, 11) is 1.64. The van der Waals surface area contributed by atoms with E-state index in [2.05, 4.69) is 17.2 Å². The van der Waals surface area contributed by atoms with Gasteiger partial charge < -0.3 is 15.2 Å². The fourth-order valence-electron chi connectivity index (χ4n) is 2.09. The van der Waals surface area contributed by atoms with Crippen LogP contribution < -0.4 is 10.1 Å². The van der Waals surface area contributed by atoms with Gasteiger partial charge in [0.05, 0.1) is 7.11 Å². The second kappa shape index (κ2) is 8.89. The van der Waals surface area contributed by atoms with Gasteiger partial charge in [0.15, 0.2) is 0 Å². The Morgan fingerprint density at radius 1 is 1.44 bits per heavy atom. The molecule has 0 saturated carbocycles. The van der Waals surface area contributed by atoms with Crippen molar-refractivity contribution in [2.24, 2.45) is 5.92 Å². The number of aromatic nitrogens is 1. The topological polar surface area (TPSA) is 54.4 Å². The summed E-state index contributed by atoms with van der Waals surface area (Å²) >= 11 is 0. The highest BCUT2D eigenvalue weighted by Crippen LogP contribution is 2.14. The van der Waals surface area contributed by atoms with Crippen LogP contribution in [-0.2, 0) is 6.54 Å². The molecular weight excluding hydrogens is 228 g/mol. The Kier molecular flexibility index (Phi) is 7.37. The highest BCUT2D eigenvalue weighted by molar-refractivity contribution is 5.24. The third-order valence-electron chi connectivity index (χ3n) is 3.03. The van der Waals surface area contributed by atoms with Crippen molar-refractivity contribution >= 4 is 0 Å². The molecule has 0 aromatic carbocycles. The van der Waals surface area contributed by atoms with Crippen LogP contribution in [0.15, 0.2) is 18.3 Å². The monoisotopic (exact) mass is 252 g/mol. The van der Waals surface area contributed by atoms with Gasteiger partial charge in [-0.25, -0.2) is 4.98 Å². The Labute approximate surface area is 109 Å². The number of aliphatic hydroxyl groups is 1. The number of nitrogens with one attached hydrogen (secondary N) is 1. The molecule has 1 unspecified atom stereocenters. The number of pyridine rings is 1. The van der Waals surface area contributed by atoms with Gasteiger partial charge in [0.2, 0.25) is 5.88 Å². The van der Waals surface area contributed by atoms with Crippen molar-refractivity contribution in [2.45, 2.75) is 32.7 Å². The number of aliphatic hydroxyl groups excluding tert-OH is 1. The molecule has 0 amide bonds. The third-order valence-corrected chi connectivity index (χ3v) is 3.03. The number of methoxy groups -OCH3 is 1. The van der Waals surface area contributed by atoms with E-state index in [9.17, 15) is 0 Å². The lowest BCUT2D eigenvalue weighted by Crippen LogP contribution is -2.23. The van der Waals surface area contributed by atoms with Crippen LogP contribution >= 0.6 is 0 Å². The molecule has 0 aliphatic carbocycles. The van der Waals surface area contributed by atoms with Gasteiger partial charge >= 0.3 is 0 Å². The molecule has 1 heterocycles. The van der Waals surface area contributed by atoms with Gasteiger partial charge in [-0.2, -0.15) is 0 Å². The van der Waals surface area contributed by atoms with Crippen LogP contribution in [-0.4, -0.2) is 30.4 Å². The van der Waals surface area contributed by atoms with Crippen LogP contribution in [0.2, 0.25) is 0 Å². The molecule has 0 aliphatic rings. The van der Waals surface area contributed by atoms with Gasteiger partial charge in [-0.15, -0.1) is 0 Å². The van der Waals surface area contributed by atoms with Gasteiger partial charge in [0, 0.05) is 24.9 Å². The minimum Gasteiger partial charge on any atom is -0.481 e. The molecular formula is C14H24N2O2. The number of ether oxygens (including phenoxy) is 1. The van der Waals surface area contributed by atoms with Crippen molar-refractivity contribution in [1.82, 2.24) is 10.3 Å². The summed E-state index contributed by atoms with van der Waals surface area (Å²) in [6.45, 7) is 4.12. The molecule has 0 spiro atoms. The Morgan fingerprint density at radius 2 is 2.28 bits per heavy atom. The quantitative estimate of drug-likeness (QED) is 0.705. The lowest BCUT2D eigenvalue weighted by atomic mass is 10.0. The number of hydrogen-bond acceptors (Lipinski definition) is 4. The second-order valence-electron chi connectivity index (χ2n) is 4.47. The number of rotatable bonds is 9. The van der Waals surface area contributed by atoms with E-state index in [1.54, 1.807) is 13.3 Å². The molecule has 0 bridgehead atoms. The minimum atomic E-state index is 0.266. The summed E-state index contributed by atoms with van der Waals surface area (Å²) in [6.07, 6.45) is 4.90. The van der Waals surface area contributed by atoms with Gasteiger partial charge in [-0.05, 0) is 31.4 Å². The molecule has 0 aliphatic heterocycles. The molecule has 1 aromatic rings. The molecule has 1 aromatic heterocycles. The van der Waals surface area contributed by atoms with E-state index in [4.69, 9.17) is 9.84 Å². The average molecular weight is 252 g/mol. The fourth-order valence-corrected chi connectivity index (χ4v) is 2.09. The summed E-state index contributed by atoms with van der Waals surface area (Å²) in [5, 5.41) is 12.4. The first-order valence-electron chi connectivity index (χ1n) is 6.61. The lowest BCUT2D eigenvalue weighted by Gasteiger charge is -2.16. The summed E-state index contributed by atoms with van der Waals surface area (Å²) in [6, 6.07) is 3.93. The SMILES string of the molecule is CCCC(CCO)CNCc1cccnc1OC. The summed E-state index contributed by atoms with van der Waals surface area (Å²) < 4.78 is 5.21. The van der Waals surface area contributed by atoms with Crippen molar-refractivity contribution < 1.29 is 9.84 Å². The van der Waals surface area contributed by atoms with Crippen LogP contribution in [0.3, 0.4) is 0 Å². The minimum absolute atomic E-state index is 0.266. The van der Waals surface area contributed by atoms with E-state index in [0.717, 1.165) is 37.9 Å². The van der Waals surface area contributed by atoms with Gasteiger partial charge in [0.1, 0.15) is 0 Å². The normalized spacial score (nSPS) is 12.4. The summed E-state index contributed by atoms with van der Waals surface area (Å²) in [5.41, 5.74) is 1.07. The largest absolute Gasteiger partial charge is 0.481 e. The van der Waals surface area contributed by atoms with E-state index in [0.29, 0.717) is 11.8 Å². The van der Waals surface area contributed by atoms with Crippen LogP contribution in [0.1, 0.15) is 31.7 Å². The second-order valence-corrected chi connectivity index (χ2v) is 4.47. The van der Waals surface area contributed by atoms with Crippen LogP contribution in [0.25, 0.3) is 0 Å². The first-order chi connectivity index (χ1) is 8.81. The molecule has 1 rings (SSSR count). The third kappa shape index (κ3) is 5.02. The Hall–Kier alpha value is -1.13. The fraction of sp³-hybridized carbons (Fsp3) is 0.643. The average Bonchev–Trinajstić information content (AvgIpc) is 2.40. The molecule has 4 nitrogen and oxygen atoms in total. The Bertz CT molecular complexity index is 325. The van der Waals surface area contributed by atoms with E-state index in [1.807, 2.05) is 12.1 Å². The highest BCUT2D eigenvalue weighted by Gasteiger charge is 2.08. The zero-order valence-corrected chi connectivity index (χ0v) is 11.4. The molecule has 1 atom stereocenters. The van der Waals surface area contributed by atoms with Crippen molar-refractivity contribution in [2.75, 3.05) is 20.3 Å². The predicted molar refractivity (Wildman–Crippen MR) is 72.6 cm³/mol. The van der Waals surface area contributed by atoms with Crippen LogP contribution in [0.5, 0.6) is 5.88 Å².